The lowest BCUT2D eigenvalue weighted by molar-refractivity contribution is -0.120. The normalized spacial score (nSPS) is 17.2. The second kappa shape index (κ2) is 7.46. The van der Waals surface area contributed by atoms with E-state index in [9.17, 15) is 4.79 Å². The number of rotatable bonds is 4. The first-order valence-electron chi connectivity index (χ1n) is 8.44. The second-order valence-corrected chi connectivity index (χ2v) is 6.29. The molecule has 0 aliphatic carbocycles. The molecule has 1 aliphatic heterocycles. The van der Waals surface area contributed by atoms with Crippen LogP contribution in [0.4, 0.5) is 11.6 Å². The van der Waals surface area contributed by atoms with Gasteiger partial charge in [0, 0.05) is 30.5 Å². The molecule has 0 bridgehead atoms. The fraction of sp³-hybridized carbons (Fsp3) is 0.444. The van der Waals surface area contributed by atoms with Crippen molar-refractivity contribution in [3.8, 4) is 6.01 Å². The fourth-order valence-corrected chi connectivity index (χ4v) is 3.02. The minimum atomic E-state index is -0.0997. The van der Waals surface area contributed by atoms with Crippen LogP contribution in [0.1, 0.15) is 24.2 Å². The number of aromatic nitrogens is 3. The standard InChI is InChI=1S/C18H23N5O2/c1-12-6-4-8-15(19-12)21-17(24)14-7-5-9-23(11-14)16-10-13(2)20-18(22-16)25-3/h4,6,8,10,14H,5,7,9,11H2,1-3H3,(H,19,21,24). The van der Waals surface area contributed by atoms with Crippen molar-refractivity contribution in [1.82, 2.24) is 15.0 Å². The number of ether oxygens (including phenoxy) is 1. The zero-order chi connectivity index (χ0) is 17.8. The van der Waals surface area contributed by atoms with Gasteiger partial charge in [-0.1, -0.05) is 6.07 Å². The molecule has 1 unspecified atom stereocenters. The van der Waals surface area contributed by atoms with E-state index in [-0.39, 0.29) is 11.8 Å². The number of anilines is 2. The Balaban J connectivity index is 1.70. The highest BCUT2D eigenvalue weighted by Gasteiger charge is 2.27. The van der Waals surface area contributed by atoms with Crippen LogP contribution in [-0.4, -0.2) is 41.1 Å². The summed E-state index contributed by atoms with van der Waals surface area (Å²) in [4.78, 5) is 27.7. The molecule has 7 heteroatoms. The van der Waals surface area contributed by atoms with Crippen LogP contribution in [-0.2, 0) is 4.79 Å². The van der Waals surface area contributed by atoms with Crippen molar-refractivity contribution < 1.29 is 9.53 Å². The number of methoxy groups -OCH3 is 1. The Morgan fingerprint density at radius 1 is 1.24 bits per heavy atom. The summed E-state index contributed by atoms with van der Waals surface area (Å²) >= 11 is 0. The third-order valence-electron chi connectivity index (χ3n) is 4.26. The number of aryl methyl sites for hydroxylation is 2. The van der Waals surface area contributed by atoms with Gasteiger partial charge in [0.2, 0.25) is 5.91 Å². The van der Waals surface area contributed by atoms with Gasteiger partial charge in [-0.3, -0.25) is 4.79 Å². The quantitative estimate of drug-likeness (QED) is 0.919. The van der Waals surface area contributed by atoms with Gasteiger partial charge in [0.05, 0.1) is 13.0 Å². The molecule has 1 aliphatic rings. The molecule has 3 heterocycles. The number of amides is 1. The van der Waals surface area contributed by atoms with E-state index in [0.29, 0.717) is 18.4 Å². The Morgan fingerprint density at radius 2 is 2.08 bits per heavy atom. The number of hydrogen-bond donors (Lipinski definition) is 1. The molecular formula is C18H23N5O2. The van der Waals surface area contributed by atoms with E-state index in [2.05, 4.69) is 25.2 Å². The second-order valence-electron chi connectivity index (χ2n) is 6.29. The Hall–Kier alpha value is -2.70. The molecule has 0 spiro atoms. The minimum absolute atomic E-state index is 0.000503. The molecule has 0 radical (unpaired) electrons. The maximum atomic E-state index is 12.6. The smallest absolute Gasteiger partial charge is 0.318 e. The van der Waals surface area contributed by atoms with Gasteiger partial charge in [-0.25, -0.2) is 9.97 Å². The van der Waals surface area contributed by atoms with Gasteiger partial charge in [0.1, 0.15) is 11.6 Å². The van der Waals surface area contributed by atoms with Crippen LogP contribution >= 0.6 is 0 Å². The summed E-state index contributed by atoms with van der Waals surface area (Å²) in [5.41, 5.74) is 1.73. The number of nitrogens with zero attached hydrogens (tertiary/aromatic N) is 4. The Kier molecular flexibility index (Phi) is 5.11. The molecule has 1 saturated heterocycles. The molecule has 1 amide bonds. The van der Waals surface area contributed by atoms with Crippen molar-refractivity contribution in [2.75, 3.05) is 30.4 Å². The van der Waals surface area contributed by atoms with Gasteiger partial charge in [-0.05, 0) is 38.8 Å². The third kappa shape index (κ3) is 4.23. The first kappa shape index (κ1) is 17.1. The molecule has 132 valence electrons. The van der Waals surface area contributed by atoms with Crippen LogP contribution < -0.4 is 15.0 Å². The van der Waals surface area contributed by atoms with Crippen LogP contribution in [0.5, 0.6) is 6.01 Å². The summed E-state index contributed by atoms with van der Waals surface area (Å²) in [6, 6.07) is 7.88. The van der Waals surface area contributed by atoms with E-state index in [1.54, 1.807) is 7.11 Å². The van der Waals surface area contributed by atoms with Crippen molar-refractivity contribution in [2.24, 2.45) is 5.92 Å². The lowest BCUT2D eigenvalue weighted by atomic mass is 9.97. The van der Waals surface area contributed by atoms with Crippen LogP contribution in [0.3, 0.4) is 0 Å². The number of carbonyl (C=O) groups is 1. The number of nitrogens with one attached hydrogen (secondary N) is 1. The van der Waals surface area contributed by atoms with E-state index in [1.165, 1.54) is 0 Å². The zero-order valence-corrected chi connectivity index (χ0v) is 14.8. The van der Waals surface area contributed by atoms with E-state index in [0.717, 1.165) is 36.6 Å². The van der Waals surface area contributed by atoms with Crippen LogP contribution in [0.15, 0.2) is 24.3 Å². The highest BCUT2D eigenvalue weighted by Crippen LogP contribution is 2.24. The SMILES string of the molecule is COc1nc(C)cc(N2CCCC(C(=O)Nc3cccc(C)n3)C2)n1. The molecule has 0 saturated carbocycles. The van der Waals surface area contributed by atoms with Gasteiger partial charge in [0.25, 0.3) is 0 Å². The topological polar surface area (TPSA) is 80.2 Å². The molecule has 1 fully saturated rings. The van der Waals surface area contributed by atoms with Crippen molar-refractivity contribution in [3.63, 3.8) is 0 Å². The molecule has 0 aromatic carbocycles. The Bertz CT molecular complexity index is 765. The van der Waals surface area contributed by atoms with E-state index in [1.807, 2.05) is 38.1 Å². The molecule has 2 aromatic rings. The molecule has 2 aromatic heterocycles. The predicted octanol–water partition coefficient (Wildman–Crippen LogP) is 2.35. The largest absolute Gasteiger partial charge is 0.467 e. The molecule has 25 heavy (non-hydrogen) atoms. The minimum Gasteiger partial charge on any atom is -0.467 e. The van der Waals surface area contributed by atoms with E-state index >= 15 is 0 Å². The molecule has 1 N–H and O–H groups in total. The molecule has 3 rings (SSSR count). The number of pyridine rings is 1. The first-order valence-corrected chi connectivity index (χ1v) is 8.44. The van der Waals surface area contributed by atoms with Crippen molar-refractivity contribution >= 4 is 17.5 Å². The monoisotopic (exact) mass is 341 g/mol. The number of hydrogen-bond acceptors (Lipinski definition) is 6. The zero-order valence-electron chi connectivity index (χ0n) is 14.8. The first-order chi connectivity index (χ1) is 12.0. The maximum Gasteiger partial charge on any atom is 0.318 e. The van der Waals surface area contributed by atoms with Gasteiger partial charge in [-0.2, -0.15) is 4.98 Å². The summed E-state index contributed by atoms with van der Waals surface area (Å²) in [5.74, 6) is 1.30. The highest BCUT2D eigenvalue weighted by molar-refractivity contribution is 5.92. The van der Waals surface area contributed by atoms with Crippen LogP contribution in [0.25, 0.3) is 0 Å². The number of piperidine rings is 1. The predicted molar refractivity (Wildman–Crippen MR) is 95.9 cm³/mol. The Morgan fingerprint density at radius 3 is 2.84 bits per heavy atom. The van der Waals surface area contributed by atoms with E-state index in [4.69, 9.17) is 4.74 Å². The van der Waals surface area contributed by atoms with Crippen molar-refractivity contribution in [2.45, 2.75) is 26.7 Å². The average Bonchev–Trinajstić information content (AvgIpc) is 2.61. The summed E-state index contributed by atoms with van der Waals surface area (Å²) in [5, 5.41) is 2.92. The molecule has 7 nitrogen and oxygen atoms in total. The van der Waals surface area contributed by atoms with Crippen LogP contribution in [0.2, 0.25) is 0 Å². The summed E-state index contributed by atoms with van der Waals surface area (Å²) in [6.07, 6.45) is 1.79. The Labute approximate surface area is 147 Å². The number of carbonyl (C=O) groups excluding carboxylic acids is 1. The summed E-state index contributed by atoms with van der Waals surface area (Å²) in [6.45, 7) is 5.30. The highest BCUT2D eigenvalue weighted by atomic mass is 16.5. The maximum absolute atomic E-state index is 12.6. The van der Waals surface area contributed by atoms with Gasteiger partial charge in [0.15, 0.2) is 0 Å². The molecule has 1 atom stereocenters. The third-order valence-corrected chi connectivity index (χ3v) is 4.26. The van der Waals surface area contributed by atoms with Gasteiger partial charge < -0.3 is 15.0 Å². The summed E-state index contributed by atoms with van der Waals surface area (Å²) < 4.78 is 5.15. The van der Waals surface area contributed by atoms with Gasteiger partial charge >= 0.3 is 6.01 Å². The van der Waals surface area contributed by atoms with E-state index < -0.39 is 0 Å². The fourth-order valence-electron chi connectivity index (χ4n) is 3.02. The van der Waals surface area contributed by atoms with Gasteiger partial charge in [-0.15, -0.1) is 0 Å². The average molecular weight is 341 g/mol. The lowest BCUT2D eigenvalue weighted by Gasteiger charge is -2.32. The lowest BCUT2D eigenvalue weighted by Crippen LogP contribution is -2.41. The van der Waals surface area contributed by atoms with Crippen molar-refractivity contribution in [1.29, 1.82) is 0 Å². The molecular weight excluding hydrogens is 318 g/mol. The van der Waals surface area contributed by atoms with Crippen molar-refractivity contribution in [3.05, 3.63) is 35.7 Å². The van der Waals surface area contributed by atoms with Crippen LogP contribution in [0, 0.1) is 19.8 Å². The summed E-state index contributed by atoms with van der Waals surface area (Å²) in [7, 11) is 1.56.